The van der Waals surface area contributed by atoms with Gasteiger partial charge in [0.05, 0.1) is 24.0 Å². The number of hydrogen-bond acceptors (Lipinski definition) is 4. The second-order valence-electron chi connectivity index (χ2n) is 8.68. The molecule has 3 N–H and O–H groups in total. The number of ether oxygens (including phenoxy) is 1. The number of piperidine rings is 1. The van der Waals surface area contributed by atoms with E-state index in [-0.39, 0.29) is 13.0 Å². The lowest BCUT2D eigenvalue weighted by Gasteiger charge is -2.56. The third-order valence-corrected chi connectivity index (χ3v) is 7.49. The Morgan fingerprint density at radius 3 is 2.25 bits per heavy atom. The van der Waals surface area contributed by atoms with Crippen molar-refractivity contribution in [3.05, 3.63) is 70.7 Å². The van der Waals surface area contributed by atoms with Crippen molar-refractivity contribution in [3.8, 4) is 0 Å². The summed E-state index contributed by atoms with van der Waals surface area (Å²) in [5.41, 5.74) is -1.34. The van der Waals surface area contributed by atoms with Crippen LogP contribution in [0.5, 0.6) is 0 Å². The van der Waals surface area contributed by atoms with Crippen molar-refractivity contribution in [1.82, 2.24) is 5.32 Å². The molecular weight excluding hydrogens is 430 g/mol. The number of carboxylic acids is 2. The number of carboxylic acid groups (broad SMARTS) is 2. The van der Waals surface area contributed by atoms with E-state index >= 15 is 0 Å². The first-order chi connectivity index (χ1) is 15.2. The summed E-state index contributed by atoms with van der Waals surface area (Å²) in [5, 5.41) is 24.5. The fraction of sp³-hybridized carbons (Fsp3) is 0.440. The zero-order valence-corrected chi connectivity index (χ0v) is 19.3. The molecular formula is C25H30ClNO5. The normalized spacial score (nSPS) is 30.1. The van der Waals surface area contributed by atoms with Crippen LogP contribution in [0.1, 0.15) is 44.2 Å². The summed E-state index contributed by atoms with van der Waals surface area (Å²) in [4.78, 5) is 25.5. The highest BCUT2D eigenvalue weighted by atomic mass is 35.5. The topological polar surface area (TPSA) is 95.9 Å². The van der Waals surface area contributed by atoms with Crippen molar-refractivity contribution in [2.45, 2.75) is 51.8 Å². The van der Waals surface area contributed by atoms with Gasteiger partial charge in [-0.2, -0.15) is 0 Å². The first kappa shape index (κ1) is 24.2. The predicted octanol–water partition coefficient (Wildman–Crippen LogP) is 4.57. The van der Waals surface area contributed by atoms with E-state index in [9.17, 15) is 19.8 Å². The molecule has 0 radical (unpaired) electrons. The molecule has 5 atom stereocenters. The Hall–Kier alpha value is -2.41. The van der Waals surface area contributed by atoms with Crippen LogP contribution in [0.3, 0.4) is 0 Å². The van der Waals surface area contributed by atoms with Gasteiger partial charge in [-0.15, -0.1) is 0 Å². The number of halogens is 1. The first-order valence-corrected chi connectivity index (χ1v) is 11.2. The van der Waals surface area contributed by atoms with Crippen LogP contribution < -0.4 is 5.32 Å². The lowest BCUT2D eigenvalue weighted by atomic mass is 9.51. The van der Waals surface area contributed by atoms with Gasteiger partial charge in [0.2, 0.25) is 0 Å². The van der Waals surface area contributed by atoms with Crippen molar-refractivity contribution in [3.63, 3.8) is 0 Å². The zero-order valence-electron chi connectivity index (χ0n) is 18.5. The Kier molecular flexibility index (Phi) is 7.28. The number of hydrogen-bond donors (Lipinski definition) is 3. The maximum Gasteiger partial charge on any atom is 0.311 e. The molecule has 32 heavy (non-hydrogen) atoms. The third-order valence-electron chi connectivity index (χ3n) is 7.14. The molecule has 3 rings (SSSR count). The van der Waals surface area contributed by atoms with E-state index < -0.39 is 40.8 Å². The lowest BCUT2D eigenvalue weighted by Crippen LogP contribution is -2.70. The Labute approximate surface area is 193 Å². The smallest absolute Gasteiger partial charge is 0.311 e. The maximum atomic E-state index is 12.9. The maximum absolute atomic E-state index is 12.9. The van der Waals surface area contributed by atoms with Crippen LogP contribution in [0.15, 0.2) is 54.6 Å². The standard InChI is InChI=1S/C25H30ClNO5/c1-4-25(23(30)31)20(15-32-14-17-10-6-5-7-11-17)27-16(2)24(3,22(28)29)21(25)18-12-8-9-13-19(18)26/h5-13,16,20-21,27H,4,14-15H2,1-3H3,(H,28,29)(H,30,31). The second-order valence-corrected chi connectivity index (χ2v) is 9.09. The molecule has 172 valence electrons. The quantitative estimate of drug-likeness (QED) is 0.535. The van der Waals surface area contributed by atoms with Gasteiger partial charge in [-0.05, 0) is 37.5 Å². The average molecular weight is 460 g/mol. The fourth-order valence-electron chi connectivity index (χ4n) is 5.17. The third kappa shape index (κ3) is 4.03. The minimum absolute atomic E-state index is 0.121. The van der Waals surface area contributed by atoms with Crippen molar-refractivity contribution >= 4 is 23.5 Å². The van der Waals surface area contributed by atoms with Gasteiger partial charge in [-0.3, -0.25) is 9.59 Å². The molecule has 0 bridgehead atoms. The summed E-state index contributed by atoms with van der Waals surface area (Å²) < 4.78 is 5.95. The summed E-state index contributed by atoms with van der Waals surface area (Å²) >= 11 is 6.52. The highest BCUT2D eigenvalue weighted by Crippen LogP contribution is 2.58. The second kappa shape index (κ2) is 9.61. The van der Waals surface area contributed by atoms with Gasteiger partial charge < -0.3 is 20.3 Å². The first-order valence-electron chi connectivity index (χ1n) is 10.8. The van der Waals surface area contributed by atoms with E-state index in [0.717, 1.165) is 5.56 Å². The van der Waals surface area contributed by atoms with Gasteiger partial charge in [0.1, 0.15) is 0 Å². The largest absolute Gasteiger partial charge is 0.481 e. The van der Waals surface area contributed by atoms with Crippen LogP contribution in [-0.4, -0.2) is 40.8 Å². The fourth-order valence-corrected chi connectivity index (χ4v) is 5.41. The number of nitrogens with one attached hydrogen (secondary N) is 1. The number of carbonyl (C=O) groups is 2. The molecule has 1 aliphatic rings. The minimum atomic E-state index is -1.44. The van der Waals surface area contributed by atoms with Crippen LogP contribution in [0, 0.1) is 10.8 Å². The monoisotopic (exact) mass is 459 g/mol. The Bertz CT molecular complexity index is 968. The van der Waals surface area contributed by atoms with E-state index in [0.29, 0.717) is 17.2 Å². The number of rotatable bonds is 8. The van der Waals surface area contributed by atoms with Crippen LogP contribution >= 0.6 is 11.6 Å². The molecule has 0 saturated carbocycles. The molecule has 0 aliphatic carbocycles. The summed E-state index contributed by atoms with van der Waals surface area (Å²) in [6.45, 7) is 5.62. The van der Waals surface area contributed by atoms with E-state index in [1.165, 1.54) is 0 Å². The van der Waals surface area contributed by atoms with Crippen LogP contribution in [-0.2, 0) is 20.9 Å². The van der Waals surface area contributed by atoms with E-state index in [1.54, 1.807) is 45.0 Å². The SMILES string of the molecule is CCC1(C(=O)O)C(COCc2ccccc2)NC(C)C(C)(C(=O)O)C1c1ccccc1Cl. The van der Waals surface area contributed by atoms with Gasteiger partial charge in [0.25, 0.3) is 0 Å². The Morgan fingerprint density at radius 2 is 1.69 bits per heavy atom. The summed E-state index contributed by atoms with van der Waals surface area (Å²) in [6, 6.07) is 15.4. The summed E-state index contributed by atoms with van der Waals surface area (Å²) in [6.07, 6.45) is 0.209. The van der Waals surface area contributed by atoms with Gasteiger partial charge in [-0.25, -0.2) is 0 Å². The van der Waals surface area contributed by atoms with Crippen LogP contribution in [0.25, 0.3) is 0 Å². The van der Waals surface area contributed by atoms with Crippen LogP contribution in [0.2, 0.25) is 5.02 Å². The molecule has 1 aliphatic heterocycles. The summed E-state index contributed by atoms with van der Waals surface area (Å²) in [5.74, 6) is -3.00. The van der Waals surface area contributed by atoms with Crippen molar-refractivity contribution in [2.24, 2.45) is 10.8 Å². The van der Waals surface area contributed by atoms with E-state index in [2.05, 4.69) is 5.32 Å². The van der Waals surface area contributed by atoms with Crippen molar-refractivity contribution < 1.29 is 24.5 Å². The number of aliphatic carboxylic acids is 2. The van der Waals surface area contributed by atoms with Crippen LogP contribution in [0.4, 0.5) is 0 Å². The Morgan fingerprint density at radius 1 is 1.06 bits per heavy atom. The van der Waals surface area contributed by atoms with Crippen molar-refractivity contribution in [1.29, 1.82) is 0 Å². The highest BCUT2D eigenvalue weighted by molar-refractivity contribution is 6.31. The molecule has 2 aromatic carbocycles. The van der Waals surface area contributed by atoms with Gasteiger partial charge in [-0.1, -0.05) is 67.1 Å². The van der Waals surface area contributed by atoms with Gasteiger partial charge >= 0.3 is 11.9 Å². The minimum Gasteiger partial charge on any atom is -0.481 e. The molecule has 0 spiro atoms. The molecule has 1 saturated heterocycles. The highest BCUT2D eigenvalue weighted by Gasteiger charge is 2.65. The van der Waals surface area contributed by atoms with Gasteiger partial charge in [0.15, 0.2) is 0 Å². The molecule has 1 heterocycles. The molecule has 0 aromatic heterocycles. The molecule has 1 fully saturated rings. The molecule has 6 nitrogen and oxygen atoms in total. The molecule has 0 amide bonds. The van der Waals surface area contributed by atoms with E-state index in [4.69, 9.17) is 16.3 Å². The lowest BCUT2D eigenvalue weighted by molar-refractivity contribution is -0.174. The predicted molar refractivity (Wildman–Crippen MR) is 123 cm³/mol. The van der Waals surface area contributed by atoms with E-state index in [1.807, 2.05) is 30.3 Å². The van der Waals surface area contributed by atoms with Crippen molar-refractivity contribution in [2.75, 3.05) is 6.61 Å². The zero-order chi connectivity index (χ0) is 23.5. The molecule has 5 unspecified atom stereocenters. The van der Waals surface area contributed by atoms with Gasteiger partial charge in [0, 0.05) is 23.0 Å². The molecule has 7 heteroatoms. The Balaban J connectivity index is 2.08. The average Bonchev–Trinajstić information content (AvgIpc) is 2.77. The number of benzene rings is 2. The molecule has 2 aromatic rings. The summed E-state index contributed by atoms with van der Waals surface area (Å²) in [7, 11) is 0.